The highest BCUT2D eigenvalue weighted by molar-refractivity contribution is 6.02. The van der Waals surface area contributed by atoms with Crippen LogP contribution in [0.4, 0.5) is 5.88 Å². The zero-order valence-electron chi connectivity index (χ0n) is 12.0. The van der Waals surface area contributed by atoms with Gasteiger partial charge in [0, 0.05) is 11.8 Å². The summed E-state index contributed by atoms with van der Waals surface area (Å²) in [6, 6.07) is 2.84. The standard InChI is InChI=1S/C13H15N5O4/c1-9(16-17-4-6-21-7-5-17)10-8-14-15-13(10)11-2-3-12(22-11)18(19)20/h2-3,8H,4-7H2,1H3,(H,14,15). The van der Waals surface area contributed by atoms with E-state index in [4.69, 9.17) is 9.15 Å². The molecule has 1 saturated heterocycles. The molecule has 9 heteroatoms. The SMILES string of the molecule is CC(=NN1CCOCC1)c1c[nH]nc1-c1ccc([N+](=O)[O-])o1. The van der Waals surface area contributed by atoms with Crippen LogP contribution in [0.1, 0.15) is 12.5 Å². The van der Waals surface area contributed by atoms with Gasteiger partial charge in [-0.25, -0.2) is 0 Å². The molecule has 0 radical (unpaired) electrons. The fourth-order valence-electron chi connectivity index (χ4n) is 2.23. The van der Waals surface area contributed by atoms with Crippen molar-refractivity contribution in [2.24, 2.45) is 5.10 Å². The van der Waals surface area contributed by atoms with Gasteiger partial charge in [0.2, 0.25) is 0 Å². The van der Waals surface area contributed by atoms with Crippen molar-refractivity contribution in [1.82, 2.24) is 15.2 Å². The number of aromatic amines is 1. The molecule has 1 aliphatic rings. The molecule has 3 heterocycles. The summed E-state index contributed by atoms with van der Waals surface area (Å²) in [5.41, 5.74) is 2.00. The van der Waals surface area contributed by atoms with Crippen LogP contribution in [-0.2, 0) is 4.74 Å². The zero-order valence-corrected chi connectivity index (χ0v) is 12.0. The Morgan fingerprint density at radius 2 is 2.23 bits per heavy atom. The minimum atomic E-state index is -0.579. The van der Waals surface area contributed by atoms with Gasteiger partial charge >= 0.3 is 5.88 Å². The van der Waals surface area contributed by atoms with Crippen molar-refractivity contribution in [3.8, 4) is 11.5 Å². The normalized spacial score (nSPS) is 16.0. The van der Waals surface area contributed by atoms with Crippen molar-refractivity contribution in [2.45, 2.75) is 6.92 Å². The van der Waals surface area contributed by atoms with E-state index >= 15 is 0 Å². The molecule has 116 valence electrons. The van der Waals surface area contributed by atoms with Crippen molar-refractivity contribution in [3.05, 3.63) is 34.0 Å². The second-order valence-corrected chi connectivity index (χ2v) is 4.79. The minimum Gasteiger partial charge on any atom is -0.399 e. The lowest BCUT2D eigenvalue weighted by Gasteiger charge is -2.24. The summed E-state index contributed by atoms with van der Waals surface area (Å²) < 4.78 is 10.5. The molecule has 0 amide bonds. The summed E-state index contributed by atoms with van der Waals surface area (Å²) >= 11 is 0. The predicted octanol–water partition coefficient (Wildman–Crippen LogP) is 1.63. The molecular formula is C13H15N5O4. The number of ether oxygens (including phenoxy) is 1. The van der Waals surface area contributed by atoms with Gasteiger partial charge in [-0.05, 0) is 13.0 Å². The average molecular weight is 305 g/mol. The second-order valence-electron chi connectivity index (χ2n) is 4.79. The first-order valence-corrected chi connectivity index (χ1v) is 6.82. The lowest BCUT2D eigenvalue weighted by atomic mass is 10.1. The summed E-state index contributed by atoms with van der Waals surface area (Å²) in [7, 11) is 0. The molecule has 1 aliphatic heterocycles. The summed E-state index contributed by atoms with van der Waals surface area (Å²) in [5.74, 6) is 0.0196. The molecule has 0 aliphatic carbocycles. The highest BCUT2D eigenvalue weighted by Crippen LogP contribution is 2.27. The number of hydrogen-bond donors (Lipinski definition) is 1. The van der Waals surface area contributed by atoms with Crippen LogP contribution in [0.3, 0.4) is 0 Å². The van der Waals surface area contributed by atoms with Crippen LogP contribution < -0.4 is 0 Å². The number of aromatic nitrogens is 2. The average Bonchev–Trinajstić information content (AvgIpc) is 3.17. The second kappa shape index (κ2) is 5.98. The van der Waals surface area contributed by atoms with Crippen molar-refractivity contribution < 1.29 is 14.1 Å². The van der Waals surface area contributed by atoms with E-state index in [-0.39, 0.29) is 5.88 Å². The number of nitrogens with zero attached hydrogens (tertiary/aromatic N) is 4. The first-order chi connectivity index (χ1) is 10.6. The van der Waals surface area contributed by atoms with Gasteiger partial charge < -0.3 is 9.15 Å². The van der Waals surface area contributed by atoms with Gasteiger partial charge in [-0.15, -0.1) is 0 Å². The maximum absolute atomic E-state index is 10.7. The Balaban J connectivity index is 1.87. The summed E-state index contributed by atoms with van der Waals surface area (Å²) in [4.78, 5) is 10.1. The molecule has 3 rings (SSSR count). The van der Waals surface area contributed by atoms with E-state index in [2.05, 4.69) is 15.3 Å². The van der Waals surface area contributed by atoms with Gasteiger partial charge in [0.05, 0.1) is 38.1 Å². The van der Waals surface area contributed by atoms with Crippen LogP contribution in [0.15, 0.2) is 27.8 Å². The van der Waals surface area contributed by atoms with Crippen LogP contribution >= 0.6 is 0 Å². The van der Waals surface area contributed by atoms with Crippen molar-refractivity contribution in [3.63, 3.8) is 0 Å². The molecule has 0 atom stereocenters. The Kier molecular flexibility index (Phi) is 3.88. The number of nitrogens with one attached hydrogen (secondary N) is 1. The Bertz CT molecular complexity index is 699. The summed E-state index contributed by atoms with van der Waals surface area (Å²) in [6.45, 7) is 4.63. The zero-order chi connectivity index (χ0) is 15.5. The van der Waals surface area contributed by atoms with Crippen LogP contribution in [0.5, 0.6) is 0 Å². The highest BCUT2D eigenvalue weighted by atomic mass is 16.6. The van der Waals surface area contributed by atoms with Crippen molar-refractivity contribution >= 4 is 11.6 Å². The molecule has 2 aromatic heterocycles. The Labute approximate surface area is 125 Å². The molecular weight excluding hydrogens is 290 g/mol. The molecule has 2 aromatic rings. The van der Waals surface area contributed by atoms with Gasteiger partial charge in [-0.2, -0.15) is 10.2 Å². The van der Waals surface area contributed by atoms with Crippen LogP contribution in [0.25, 0.3) is 11.5 Å². The number of hydrogen-bond acceptors (Lipinski definition) is 7. The first kappa shape index (κ1) is 14.3. The van der Waals surface area contributed by atoms with E-state index in [1.165, 1.54) is 12.1 Å². The Morgan fingerprint density at radius 3 is 2.91 bits per heavy atom. The first-order valence-electron chi connectivity index (χ1n) is 6.82. The van der Waals surface area contributed by atoms with Crippen LogP contribution in [0, 0.1) is 10.1 Å². The van der Waals surface area contributed by atoms with E-state index < -0.39 is 4.92 Å². The molecule has 9 nitrogen and oxygen atoms in total. The maximum Gasteiger partial charge on any atom is 0.433 e. The topological polar surface area (TPSA) is 110 Å². The van der Waals surface area contributed by atoms with Crippen LogP contribution in [0.2, 0.25) is 0 Å². The molecule has 22 heavy (non-hydrogen) atoms. The number of hydrazone groups is 1. The van der Waals surface area contributed by atoms with E-state index in [0.29, 0.717) is 24.7 Å². The van der Waals surface area contributed by atoms with Gasteiger partial charge in [0.25, 0.3) is 0 Å². The summed E-state index contributed by atoms with van der Waals surface area (Å²) in [6.07, 6.45) is 1.70. The Morgan fingerprint density at radius 1 is 1.45 bits per heavy atom. The molecule has 0 aromatic carbocycles. The fraction of sp³-hybridized carbons (Fsp3) is 0.385. The number of H-pyrrole nitrogens is 1. The third-order valence-electron chi connectivity index (χ3n) is 3.31. The minimum absolute atomic E-state index is 0.313. The third-order valence-corrected chi connectivity index (χ3v) is 3.31. The fourth-order valence-corrected chi connectivity index (χ4v) is 2.23. The predicted molar refractivity (Wildman–Crippen MR) is 77.5 cm³/mol. The molecule has 0 unspecified atom stereocenters. The Hall–Kier alpha value is -2.68. The molecule has 0 spiro atoms. The molecule has 0 bridgehead atoms. The van der Waals surface area contributed by atoms with Gasteiger partial charge in [0.15, 0.2) is 5.76 Å². The van der Waals surface area contributed by atoms with E-state index in [0.717, 1.165) is 24.4 Å². The van der Waals surface area contributed by atoms with E-state index in [9.17, 15) is 10.1 Å². The quantitative estimate of drug-likeness (QED) is 0.522. The van der Waals surface area contributed by atoms with Crippen molar-refractivity contribution in [1.29, 1.82) is 0 Å². The lowest BCUT2D eigenvalue weighted by molar-refractivity contribution is -0.401. The van der Waals surface area contributed by atoms with Gasteiger partial charge in [-0.3, -0.25) is 20.2 Å². The molecule has 1 N–H and O–H groups in total. The maximum atomic E-state index is 10.7. The monoisotopic (exact) mass is 305 g/mol. The highest BCUT2D eigenvalue weighted by Gasteiger charge is 2.19. The number of morpholine rings is 1. The summed E-state index contributed by atoms with van der Waals surface area (Å²) in [5, 5.41) is 24.0. The molecule has 1 fully saturated rings. The van der Waals surface area contributed by atoms with E-state index in [1.54, 1.807) is 6.20 Å². The van der Waals surface area contributed by atoms with E-state index in [1.807, 2.05) is 11.9 Å². The largest absolute Gasteiger partial charge is 0.433 e. The number of furan rings is 1. The number of rotatable bonds is 4. The third kappa shape index (κ3) is 2.84. The number of nitro groups is 1. The molecule has 0 saturated carbocycles. The van der Waals surface area contributed by atoms with Gasteiger partial charge in [0.1, 0.15) is 10.6 Å². The van der Waals surface area contributed by atoms with Gasteiger partial charge in [-0.1, -0.05) is 0 Å². The lowest BCUT2D eigenvalue weighted by Crippen LogP contribution is -2.33. The van der Waals surface area contributed by atoms with Crippen molar-refractivity contribution in [2.75, 3.05) is 26.3 Å². The smallest absolute Gasteiger partial charge is 0.399 e. The van der Waals surface area contributed by atoms with Crippen LogP contribution in [-0.4, -0.2) is 52.1 Å².